The van der Waals surface area contributed by atoms with Gasteiger partial charge < -0.3 is 15.1 Å². The SMILES string of the molecule is CC(=O)N1CCC(N(C)C(=O)N[C@H]2CC23CCC(c2cccc(F)c2)CC3)CC1. The van der Waals surface area contributed by atoms with Gasteiger partial charge in [-0.05, 0) is 74.0 Å². The quantitative estimate of drug-likeness (QED) is 0.835. The first kappa shape index (κ1) is 20.2. The lowest BCUT2D eigenvalue weighted by atomic mass is 9.76. The zero-order valence-corrected chi connectivity index (χ0v) is 17.5. The van der Waals surface area contributed by atoms with E-state index in [1.165, 1.54) is 6.07 Å². The van der Waals surface area contributed by atoms with Gasteiger partial charge in [-0.25, -0.2) is 9.18 Å². The molecule has 1 N–H and O–H groups in total. The van der Waals surface area contributed by atoms with E-state index in [-0.39, 0.29) is 35.3 Å². The van der Waals surface area contributed by atoms with E-state index < -0.39 is 0 Å². The number of hydrogen-bond donors (Lipinski definition) is 1. The summed E-state index contributed by atoms with van der Waals surface area (Å²) in [5.74, 6) is 0.392. The number of halogens is 1. The second-order valence-corrected chi connectivity index (χ2v) is 9.25. The topological polar surface area (TPSA) is 52.7 Å². The summed E-state index contributed by atoms with van der Waals surface area (Å²) in [6.45, 7) is 3.06. The lowest BCUT2D eigenvalue weighted by molar-refractivity contribution is -0.130. The van der Waals surface area contributed by atoms with Crippen LogP contribution in [0.2, 0.25) is 0 Å². The molecule has 5 nitrogen and oxygen atoms in total. The van der Waals surface area contributed by atoms with E-state index in [9.17, 15) is 14.0 Å². The Kier molecular flexibility index (Phi) is 5.54. The van der Waals surface area contributed by atoms with Crippen LogP contribution in [0.15, 0.2) is 24.3 Å². The van der Waals surface area contributed by atoms with Crippen LogP contribution in [-0.4, -0.2) is 54.0 Å². The molecule has 0 radical (unpaired) electrons. The molecule has 158 valence electrons. The molecular formula is C23H32FN3O2. The van der Waals surface area contributed by atoms with Crippen molar-refractivity contribution in [2.75, 3.05) is 20.1 Å². The summed E-state index contributed by atoms with van der Waals surface area (Å²) in [6, 6.07) is 7.48. The Morgan fingerprint density at radius 3 is 2.48 bits per heavy atom. The summed E-state index contributed by atoms with van der Waals surface area (Å²) in [5.41, 5.74) is 1.36. The van der Waals surface area contributed by atoms with Gasteiger partial charge in [0.05, 0.1) is 0 Å². The molecule has 3 fully saturated rings. The Morgan fingerprint density at radius 1 is 1.17 bits per heavy atom. The van der Waals surface area contributed by atoms with Gasteiger partial charge in [0.25, 0.3) is 0 Å². The second kappa shape index (κ2) is 7.96. The van der Waals surface area contributed by atoms with Crippen LogP contribution in [0, 0.1) is 11.2 Å². The van der Waals surface area contributed by atoms with Crippen LogP contribution in [0.4, 0.5) is 9.18 Å². The first-order valence-corrected chi connectivity index (χ1v) is 10.9. The average Bonchev–Trinajstić information content (AvgIpc) is 3.38. The molecule has 1 aromatic carbocycles. The third kappa shape index (κ3) is 4.26. The van der Waals surface area contributed by atoms with Gasteiger partial charge >= 0.3 is 6.03 Å². The minimum Gasteiger partial charge on any atom is -0.343 e. The van der Waals surface area contributed by atoms with Crippen molar-refractivity contribution in [3.63, 3.8) is 0 Å². The van der Waals surface area contributed by atoms with Gasteiger partial charge in [-0.1, -0.05) is 12.1 Å². The summed E-state index contributed by atoms with van der Waals surface area (Å²) in [7, 11) is 1.87. The van der Waals surface area contributed by atoms with E-state index in [1.54, 1.807) is 19.1 Å². The van der Waals surface area contributed by atoms with Gasteiger partial charge in [-0.15, -0.1) is 0 Å². The predicted octanol–water partition coefficient (Wildman–Crippen LogP) is 3.89. The molecule has 2 saturated carbocycles. The van der Waals surface area contributed by atoms with E-state index in [2.05, 4.69) is 5.32 Å². The van der Waals surface area contributed by atoms with Crippen molar-refractivity contribution >= 4 is 11.9 Å². The summed E-state index contributed by atoms with van der Waals surface area (Å²) in [4.78, 5) is 27.9. The second-order valence-electron chi connectivity index (χ2n) is 9.25. The maximum absolute atomic E-state index is 13.5. The molecule has 3 amide bonds. The number of carbonyl (C=O) groups is 2. The van der Waals surface area contributed by atoms with Crippen molar-refractivity contribution in [3.8, 4) is 0 Å². The van der Waals surface area contributed by atoms with E-state index in [4.69, 9.17) is 0 Å². The van der Waals surface area contributed by atoms with Crippen LogP contribution in [-0.2, 0) is 4.79 Å². The normalized spacial score (nSPS) is 29.6. The molecule has 1 aliphatic heterocycles. The number of benzene rings is 1. The lowest BCUT2D eigenvalue weighted by Gasteiger charge is -2.36. The highest BCUT2D eigenvalue weighted by atomic mass is 19.1. The summed E-state index contributed by atoms with van der Waals surface area (Å²) in [5, 5.41) is 3.26. The maximum atomic E-state index is 13.5. The summed E-state index contributed by atoms with van der Waals surface area (Å²) >= 11 is 0. The maximum Gasteiger partial charge on any atom is 0.317 e. The number of carbonyl (C=O) groups excluding carboxylic acids is 2. The van der Waals surface area contributed by atoms with Gasteiger partial charge in [-0.3, -0.25) is 4.79 Å². The van der Waals surface area contributed by atoms with Crippen molar-refractivity contribution in [1.29, 1.82) is 0 Å². The average molecular weight is 402 g/mol. The van der Waals surface area contributed by atoms with Crippen molar-refractivity contribution in [3.05, 3.63) is 35.6 Å². The fourth-order valence-electron chi connectivity index (χ4n) is 5.38. The molecule has 3 aliphatic rings. The number of likely N-dealkylation sites (tertiary alicyclic amines) is 1. The van der Waals surface area contributed by atoms with Gasteiger partial charge in [0.15, 0.2) is 0 Å². The minimum absolute atomic E-state index is 0.0143. The van der Waals surface area contributed by atoms with E-state index >= 15 is 0 Å². The number of nitrogens with one attached hydrogen (secondary N) is 1. The van der Waals surface area contributed by atoms with Gasteiger partial charge in [0, 0.05) is 39.1 Å². The first-order chi connectivity index (χ1) is 13.9. The summed E-state index contributed by atoms with van der Waals surface area (Å²) < 4.78 is 13.5. The summed E-state index contributed by atoms with van der Waals surface area (Å²) in [6.07, 6.45) is 7.07. The van der Waals surface area contributed by atoms with Crippen LogP contribution < -0.4 is 5.32 Å². The number of piperidine rings is 1. The predicted molar refractivity (Wildman–Crippen MR) is 110 cm³/mol. The molecule has 29 heavy (non-hydrogen) atoms. The van der Waals surface area contributed by atoms with E-state index in [1.807, 2.05) is 22.9 Å². The van der Waals surface area contributed by atoms with E-state index in [0.717, 1.165) is 63.6 Å². The third-order valence-corrected chi connectivity index (χ3v) is 7.57. The molecule has 0 bridgehead atoms. The Labute approximate surface area is 172 Å². The molecule has 0 unspecified atom stereocenters. The monoisotopic (exact) mass is 401 g/mol. The van der Waals surface area contributed by atoms with Crippen LogP contribution in [0.25, 0.3) is 0 Å². The Morgan fingerprint density at radius 2 is 1.86 bits per heavy atom. The van der Waals surface area contributed by atoms with E-state index in [0.29, 0.717) is 5.92 Å². The molecule has 1 heterocycles. The molecule has 4 rings (SSSR count). The Hall–Kier alpha value is -2.11. The molecule has 1 spiro atoms. The number of amides is 3. The molecular weight excluding hydrogens is 369 g/mol. The van der Waals surface area contributed by atoms with Crippen LogP contribution in [0.1, 0.15) is 63.4 Å². The molecule has 1 aromatic rings. The molecule has 1 saturated heterocycles. The number of nitrogens with zero attached hydrogens (tertiary/aromatic N) is 2. The highest BCUT2D eigenvalue weighted by Crippen LogP contribution is 2.58. The fourth-order valence-corrected chi connectivity index (χ4v) is 5.38. The van der Waals surface area contributed by atoms with Crippen molar-refractivity contribution < 1.29 is 14.0 Å². The Bertz CT molecular complexity index is 767. The van der Waals surface area contributed by atoms with Gasteiger partial charge in [0.1, 0.15) is 5.82 Å². The van der Waals surface area contributed by atoms with Gasteiger partial charge in [-0.2, -0.15) is 0 Å². The smallest absolute Gasteiger partial charge is 0.317 e. The lowest BCUT2D eigenvalue weighted by Crippen LogP contribution is -2.50. The Balaban J connectivity index is 1.25. The minimum atomic E-state index is -0.156. The zero-order chi connectivity index (χ0) is 20.6. The van der Waals surface area contributed by atoms with Crippen LogP contribution >= 0.6 is 0 Å². The van der Waals surface area contributed by atoms with Crippen LogP contribution in [0.5, 0.6) is 0 Å². The molecule has 0 aromatic heterocycles. The molecule has 6 heteroatoms. The fraction of sp³-hybridized carbons (Fsp3) is 0.652. The zero-order valence-electron chi connectivity index (χ0n) is 17.5. The largest absolute Gasteiger partial charge is 0.343 e. The highest BCUT2D eigenvalue weighted by molar-refractivity contribution is 5.75. The molecule has 1 atom stereocenters. The highest BCUT2D eigenvalue weighted by Gasteiger charge is 2.56. The van der Waals surface area contributed by atoms with Crippen molar-refractivity contribution in [2.45, 2.75) is 69.9 Å². The van der Waals surface area contributed by atoms with Crippen molar-refractivity contribution in [1.82, 2.24) is 15.1 Å². The third-order valence-electron chi connectivity index (χ3n) is 7.57. The number of urea groups is 1. The van der Waals surface area contributed by atoms with Crippen molar-refractivity contribution in [2.24, 2.45) is 5.41 Å². The van der Waals surface area contributed by atoms with Crippen LogP contribution in [0.3, 0.4) is 0 Å². The first-order valence-electron chi connectivity index (χ1n) is 10.9. The van der Waals surface area contributed by atoms with Gasteiger partial charge in [0.2, 0.25) is 5.91 Å². The number of hydrogen-bond acceptors (Lipinski definition) is 2. The molecule has 2 aliphatic carbocycles. The number of rotatable bonds is 3. The standard InChI is InChI=1S/C23H32FN3O2/c1-16(28)27-12-8-20(9-13-27)26(2)22(29)25-21-15-23(21)10-6-17(7-11-23)18-4-3-5-19(24)14-18/h3-5,14,17,20-21H,6-13,15H2,1-2H3,(H,25,29)/t17?,21-,23?/m0/s1.